The molecule has 1 heterocycles. The molecule has 0 aliphatic carbocycles. The lowest BCUT2D eigenvalue weighted by atomic mass is 10.0. The summed E-state index contributed by atoms with van der Waals surface area (Å²) in [5.41, 5.74) is 1.16. The molecule has 1 unspecified atom stereocenters. The van der Waals surface area contributed by atoms with Gasteiger partial charge in [-0.15, -0.1) is 0 Å². The van der Waals surface area contributed by atoms with Gasteiger partial charge in [0.2, 0.25) is 0 Å². The Morgan fingerprint density at radius 3 is 3.13 bits per heavy atom. The van der Waals surface area contributed by atoms with E-state index >= 15 is 0 Å². The maximum absolute atomic E-state index is 11.5. The van der Waals surface area contributed by atoms with E-state index in [1.54, 1.807) is 6.92 Å². The molecule has 0 aromatic heterocycles. The number of hydrogen-bond acceptors (Lipinski definition) is 3. The zero-order valence-corrected chi connectivity index (χ0v) is 8.73. The Morgan fingerprint density at radius 1 is 1.53 bits per heavy atom. The van der Waals surface area contributed by atoms with Crippen LogP contribution in [0.1, 0.15) is 18.9 Å². The molecule has 1 atom stereocenters. The number of aryl methyl sites for hydroxylation is 1. The third-order valence-electron chi connectivity index (χ3n) is 2.47. The summed E-state index contributed by atoms with van der Waals surface area (Å²) >= 11 is 0. The lowest BCUT2D eigenvalue weighted by molar-refractivity contribution is -0.152. The zero-order chi connectivity index (χ0) is 10.7. The Hall–Kier alpha value is -1.51. The molecular weight excluding hydrogens is 192 g/mol. The Morgan fingerprint density at radius 2 is 2.33 bits per heavy atom. The lowest BCUT2D eigenvalue weighted by Crippen LogP contribution is -2.32. The second-order valence-electron chi connectivity index (χ2n) is 3.50. The first-order chi connectivity index (χ1) is 7.31. The molecule has 0 fully saturated rings. The smallest absolute Gasteiger partial charge is 0.347 e. The Labute approximate surface area is 89.0 Å². The van der Waals surface area contributed by atoms with Crippen molar-refractivity contribution in [1.29, 1.82) is 0 Å². The van der Waals surface area contributed by atoms with Crippen molar-refractivity contribution in [1.82, 2.24) is 0 Å². The molecule has 0 saturated heterocycles. The lowest BCUT2D eigenvalue weighted by Gasteiger charge is -2.24. The maximum Gasteiger partial charge on any atom is 0.347 e. The molecule has 0 spiro atoms. The van der Waals surface area contributed by atoms with Crippen molar-refractivity contribution < 1.29 is 14.3 Å². The molecule has 0 bridgehead atoms. The van der Waals surface area contributed by atoms with E-state index in [1.165, 1.54) is 0 Å². The average Bonchev–Trinajstić information content (AvgIpc) is 2.29. The van der Waals surface area contributed by atoms with Crippen molar-refractivity contribution in [2.24, 2.45) is 0 Å². The van der Waals surface area contributed by atoms with Crippen LogP contribution in [0.2, 0.25) is 0 Å². The number of benzene rings is 1. The molecule has 0 saturated carbocycles. The molecule has 0 radical (unpaired) electrons. The molecule has 15 heavy (non-hydrogen) atoms. The maximum atomic E-state index is 11.5. The van der Waals surface area contributed by atoms with Crippen molar-refractivity contribution >= 4 is 5.97 Å². The Kier molecular flexibility index (Phi) is 2.90. The number of fused-ring (bicyclic) bond motifs is 1. The molecule has 1 aliphatic rings. The fraction of sp³-hybridized carbons (Fsp3) is 0.417. The van der Waals surface area contributed by atoms with E-state index in [-0.39, 0.29) is 5.97 Å². The number of rotatable bonds is 2. The van der Waals surface area contributed by atoms with Crippen molar-refractivity contribution in [3.8, 4) is 5.75 Å². The molecule has 2 rings (SSSR count). The summed E-state index contributed by atoms with van der Waals surface area (Å²) < 4.78 is 10.5. The summed E-state index contributed by atoms with van der Waals surface area (Å²) in [6.45, 7) is 2.20. The molecule has 1 aliphatic heterocycles. The molecule has 3 heteroatoms. The van der Waals surface area contributed by atoms with Crippen molar-refractivity contribution in [3.63, 3.8) is 0 Å². The van der Waals surface area contributed by atoms with Gasteiger partial charge in [0.1, 0.15) is 5.75 Å². The van der Waals surface area contributed by atoms with Gasteiger partial charge < -0.3 is 9.47 Å². The highest BCUT2D eigenvalue weighted by Gasteiger charge is 2.26. The summed E-state index contributed by atoms with van der Waals surface area (Å²) in [5, 5.41) is 0. The standard InChI is InChI=1S/C12H14O3/c1-2-14-12(13)11-8-7-9-5-3-4-6-10(9)15-11/h3-6,11H,2,7-8H2,1H3. The van der Waals surface area contributed by atoms with Crippen molar-refractivity contribution in [2.45, 2.75) is 25.9 Å². The van der Waals surface area contributed by atoms with E-state index in [0.29, 0.717) is 13.0 Å². The number of carbonyl (C=O) groups excluding carboxylic acids is 1. The topological polar surface area (TPSA) is 35.5 Å². The van der Waals surface area contributed by atoms with Crippen LogP contribution in [0.25, 0.3) is 0 Å². The van der Waals surface area contributed by atoms with E-state index in [2.05, 4.69) is 0 Å². The molecule has 3 nitrogen and oxygen atoms in total. The highest BCUT2D eigenvalue weighted by atomic mass is 16.6. The normalized spacial score (nSPS) is 18.9. The second-order valence-corrected chi connectivity index (χ2v) is 3.50. The van der Waals surface area contributed by atoms with Crippen LogP contribution in [0.15, 0.2) is 24.3 Å². The first-order valence-corrected chi connectivity index (χ1v) is 5.22. The van der Waals surface area contributed by atoms with Crippen LogP contribution in [0.4, 0.5) is 0 Å². The minimum atomic E-state index is -0.431. The molecule has 0 amide bonds. The molecular formula is C12H14O3. The molecule has 0 N–H and O–H groups in total. The van der Waals surface area contributed by atoms with Crippen LogP contribution in [0.5, 0.6) is 5.75 Å². The summed E-state index contributed by atoms with van der Waals surface area (Å²) in [5.74, 6) is 0.550. The molecule has 1 aromatic rings. The van der Waals surface area contributed by atoms with Gasteiger partial charge in [-0.25, -0.2) is 4.79 Å². The quantitative estimate of drug-likeness (QED) is 0.694. The van der Waals surface area contributed by atoms with Crippen LogP contribution in [0.3, 0.4) is 0 Å². The number of hydrogen-bond donors (Lipinski definition) is 0. The van der Waals surface area contributed by atoms with E-state index in [4.69, 9.17) is 9.47 Å². The summed E-state index contributed by atoms with van der Waals surface area (Å²) in [6, 6.07) is 7.80. The first kappa shape index (κ1) is 10.0. The van der Waals surface area contributed by atoms with Crippen LogP contribution in [-0.2, 0) is 16.0 Å². The second kappa shape index (κ2) is 4.34. The van der Waals surface area contributed by atoms with Gasteiger partial charge in [0.15, 0.2) is 6.10 Å². The van der Waals surface area contributed by atoms with Gasteiger partial charge in [-0.05, 0) is 31.4 Å². The van der Waals surface area contributed by atoms with E-state index in [1.807, 2.05) is 24.3 Å². The van der Waals surface area contributed by atoms with Gasteiger partial charge in [0.25, 0.3) is 0 Å². The molecule has 1 aromatic carbocycles. The van der Waals surface area contributed by atoms with E-state index in [9.17, 15) is 4.79 Å². The average molecular weight is 206 g/mol. The fourth-order valence-electron chi connectivity index (χ4n) is 1.73. The molecule has 80 valence electrons. The largest absolute Gasteiger partial charge is 0.478 e. The highest BCUT2D eigenvalue weighted by molar-refractivity contribution is 5.75. The SMILES string of the molecule is CCOC(=O)C1CCc2ccccc2O1. The highest BCUT2D eigenvalue weighted by Crippen LogP contribution is 2.27. The third kappa shape index (κ3) is 2.12. The summed E-state index contributed by atoms with van der Waals surface area (Å²) in [4.78, 5) is 11.5. The monoisotopic (exact) mass is 206 g/mol. The number of carbonyl (C=O) groups is 1. The van der Waals surface area contributed by atoms with Crippen LogP contribution < -0.4 is 4.74 Å². The fourth-order valence-corrected chi connectivity index (χ4v) is 1.73. The minimum absolute atomic E-state index is 0.257. The van der Waals surface area contributed by atoms with Crippen LogP contribution in [-0.4, -0.2) is 18.7 Å². The van der Waals surface area contributed by atoms with Gasteiger partial charge in [-0.2, -0.15) is 0 Å². The van der Waals surface area contributed by atoms with Crippen LogP contribution >= 0.6 is 0 Å². The van der Waals surface area contributed by atoms with Gasteiger partial charge >= 0.3 is 5.97 Å². The summed E-state index contributed by atoms with van der Waals surface area (Å²) in [6.07, 6.45) is 1.15. The van der Waals surface area contributed by atoms with Crippen molar-refractivity contribution in [2.75, 3.05) is 6.61 Å². The third-order valence-corrected chi connectivity index (χ3v) is 2.47. The number of ether oxygens (including phenoxy) is 2. The van der Waals surface area contributed by atoms with Crippen molar-refractivity contribution in [3.05, 3.63) is 29.8 Å². The first-order valence-electron chi connectivity index (χ1n) is 5.22. The van der Waals surface area contributed by atoms with Gasteiger partial charge in [0.05, 0.1) is 6.61 Å². The summed E-state index contributed by atoms with van der Waals surface area (Å²) in [7, 11) is 0. The van der Waals surface area contributed by atoms with Crippen LogP contribution in [0, 0.1) is 0 Å². The number of esters is 1. The van der Waals surface area contributed by atoms with Gasteiger partial charge in [-0.3, -0.25) is 0 Å². The zero-order valence-electron chi connectivity index (χ0n) is 8.73. The Balaban J connectivity index is 2.08. The van der Waals surface area contributed by atoms with E-state index in [0.717, 1.165) is 17.7 Å². The van der Waals surface area contributed by atoms with Gasteiger partial charge in [-0.1, -0.05) is 18.2 Å². The predicted octanol–water partition coefficient (Wildman–Crippen LogP) is 1.94. The Bertz CT molecular complexity index is 360. The van der Waals surface area contributed by atoms with E-state index < -0.39 is 6.10 Å². The number of para-hydroxylation sites is 1. The minimum Gasteiger partial charge on any atom is -0.478 e. The van der Waals surface area contributed by atoms with Gasteiger partial charge in [0, 0.05) is 0 Å². The predicted molar refractivity (Wildman–Crippen MR) is 55.8 cm³/mol.